The van der Waals surface area contributed by atoms with E-state index in [9.17, 15) is 0 Å². The van der Waals surface area contributed by atoms with E-state index in [2.05, 4.69) is 26.1 Å². The van der Waals surface area contributed by atoms with Gasteiger partial charge in [0.25, 0.3) is 0 Å². The van der Waals surface area contributed by atoms with Crippen molar-refractivity contribution in [3.63, 3.8) is 0 Å². The molecule has 3 nitrogen and oxygen atoms in total. The molecule has 0 spiro atoms. The van der Waals surface area contributed by atoms with Crippen molar-refractivity contribution in [2.45, 2.75) is 40.2 Å². The molecular weight excluding hydrogens is 190 g/mol. The summed E-state index contributed by atoms with van der Waals surface area (Å²) in [7, 11) is 1.70. The molecular formula is C12H27NO2. The summed E-state index contributed by atoms with van der Waals surface area (Å²) in [6.07, 6.45) is 1.36. The molecule has 0 aromatic rings. The van der Waals surface area contributed by atoms with Gasteiger partial charge in [-0.1, -0.05) is 20.8 Å². The molecule has 0 amide bonds. The average molecular weight is 217 g/mol. The van der Waals surface area contributed by atoms with Gasteiger partial charge in [0.1, 0.15) is 0 Å². The molecule has 1 unspecified atom stereocenters. The molecule has 0 heterocycles. The largest absolute Gasteiger partial charge is 0.382 e. The minimum absolute atomic E-state index is 0.181. The van der Waals surface area contributed by atoms with E-state index in [0.29, 0.717) is 6.61 Å². The summed E-state index contributed by atoms with van der Waals surface area (Å²) < 4.78 is 10.7. The second-order valence-corrected chi connectivity index (χ2v) is 4.92. The average Bonchev–Trinajstić information content (AvgIpc) is 2.16. The van der Waals surface area contributed by atoms with Gasteiger partial charge in [0, 0.05) is 19.1 Å². The monoisotopic (exact) mass is 217 g/mol. The van der Waals surface area contributed by atoms with E-state index >= 15 is 0 Å². The second-order valence-electron chi connectivity index (χ2n) is 4.92. The highest BCUT2D eigenvalue weighted by molar-refractivity contribution is 4.71. The van der Waals surface area contributed by atoms with Crippen LogP contribution in [-0.2, 0) is 9.47 Å². The first-order valence-corrected chi connectivity index (χ1v) is 5.83. The third-order valence-electron chi connectivity index (χ3n) is 2.19. The van der Waals surface area contributed by atoms with Crippen LogP contribution < -0.4 is 5.32 Å². The Morgan fingerprint density at radius 3 is 2.53 bits per heavy atom. The van der Waals surface area contributed by atoms with Gasteiger partial charge in [-0.3, -0.25) is 0 Å². The third kappa shape index (κ3) is 8.85. The summed E-state index contributed by atoms with van der Waals surface area (Å²) in [6, 6.07) is 0. The van der Waals surface area contributed by atoms with Gasteiger partial charge in [0.2, 0.25) is 0 Å². The van der Waals surface area contributed by atoms with E-state index in [-0.39, 0.29) is 11.5 Å². The van der Waals surface area contributed by atoms with Crippen molar-refractivity contribution in [1.29, 1.82) is 0 Å². The number of methoxy groups -OCH3 is 1. The summed E-state index contributed by atoms with van der Waals surface area (Å²) in [4.78, 5) is 0. The van der Waals surface area contributed by atoms with Crippen molar-refractivity contribution in [1.82, 2.24) is 5.32 Å². The highest BCUT2D eigenvalue weighted by atomic mass is 16.5. The molecule has 0 aliphatic rings. The van der Waals surface area contributed by atoms with Gasteiger partial charge in [-0.05, 0) is 19.9 Å². The fourth-order valence-electron chi connectivity index (χ4n) is 1.31. The standard InChI is InChI=1S/C12H27NO2/c1-6-7-13-9-12(3,4)10-15-11(2)8-14-5/h11,13H,6-10H2,1-5H3. The lowest BCUT2D eigenvalue weighted by Gasteiger charge is -2.26. The van der Waals surface area contributed by atoms with Crippen LogP contribution in [0.2, 0.25) is 0 Å². The van der Waals surface area contributed by atoms with Crippen molar-refractivity contribution in [2.75, 3.05) is 33.4 Å². The van der Waals surface area contributed by atoms with Gasteiger partial charge in [0.05, 0.1) is 19.3 Å². The fraction of sp³-hybridized carbons (Fsp3) is 1.00. The van der Waals surface area contributed by atoms with Crippen LogP contribution in [0.25, 0.3) is 0 Å². The van der Waals surface area contributed by atoms with Gasteiger partial charge >= 0.3 is 0 Å². The smallest absolute Gasteiger partial charge is 0.0780 e. The predicted octanol–water partition coefficient (Wildman–Crippen LogP) is 2.06. The number of hydrogen-bond acceptors (Lipinski definition) is 3. The zero-order valence-corrected chi connectivity index (χ0v) is 10.9. The number of hydrogen-bond donors (Lipinski definition) is 1. The van der Waals surface area contributed by atoms with E-state index in [1.54, 1.807) is 7.11 Å². The highest BCUT2D eigenvalue weighted by Crippen LogP contribution is 2.14. The van der Waals surface area contributed by atoms with Crippen LogP contribution in [0.3, 0.4) is 0 Å². The predicted molar refractivity (Wildman–Crippen MR) is 64.2 cm³/mol. The molecule has 0 aromatic carbocycles. The summed E-state index contributed by atoms with van der Waals surface area (Å²) in [5, 5.41) is 3.42. The third-order valence-corrected chi connectivity index (χ3v) is 2.19. The van der Waals surface area contributed by atoms with Gasteiger partial charge in [-0.2, -0.15) is 0 Å². The molecule has 0 radical (unpaired) electrons. The number of ether oxygens (including phenoxy) is 2. The Labute approximate surface area is 94.5 Å². The number of nitrogens with one attached hydrogen (secondary N) is 1. The first-order valence-electron chi connectivity index (χ1n) is 5.83. The van der Waals surface area contributed by atoms with E-state index in [0.717, 1.165) is 19.7 Å². The number of rotatable bonds is 9. The topological polar surface area (TPSA) is 30.5 Å². The molecule has 0 saturated carbocycles. The molecule has 0 bridgehead atoms. The minimum Gasteiger partial charge on any atom is -0.382 e. The summed E-state index contributed by atoms with van der Waals surface area (Å²) >= 11 is 0. The van der Waals surface area contributed by atoms with Crippen LogP contribution in [0.15, 0.2) is 0 Å². The first-order chi connectivity index (χ1) is 7.02. The Bertz CT molecular complexity index is 149. The SMILES string of the molecule is CCCNCC(C)(C)COC(C)COC. The van der Waals surface area contributed by atoms with Gasteiger partial charge < -0.3 is 14.8 Å². The molecule has 3 heteroatoms. The molecule has 0 aliphatic heterocycles. The Kier molecular flexibility index (Phi) is 8.02. The van der Waals surface area contributed by atoms with Crippen LogP contribution in [0.1, 0.15) is 34.1 Å². The molecule has 0 rings (SSSR count). The maximum Gasteiger partial charge on any atom is 0.0780 e. The lowest BCUT2D eigenvalue weighted by atomic mass is 9.95. The van der Waals surface area contributed by atoms with Crippen molar-refractivity contribution in [2.24, 2.45) is 5.41 Å². The van der Waals surface area contributed by atoms with E-state index in [1.165, 1.54) is 6.42 Å². The molecule has 1 atom stereocenters. The Morgan fingerprint density at radius 1 is 1.33 bits per heavy atom. The van der Waals surface area contributed by atoms with Crippen molar-refractivity contribution in [3.8, 4) is 0 Å². The molecule has 92 valence electrons. The van der Waals surface area contributed by atoms with Crippen LogP contribution >= 0.6 is 0 Å². The molecule has 0 aromatic heterocycles. The Balaban J connectivity index is 3.62. The van der Waals surface area contributed by atoms with Crippen molar-refractivity contribution in [3.05, 3.63) is 0 Å². The van der Waals surface area contributed by atoms with Gasteiger partial charge in [0.15, 0.2) is 0 Å². The lowest BCUT2D eigenvalue weighted by molar-refractivity contribution is -0.0245. The van der Waals surface area contributed by atoms with E-state index < -0.39 is 0 Å². The zero-order valence-electron chi connectivity index (χ0n) is 10.9. The lowest BCUT2D eigenvalue weighted by Crippen LogP contribution is -2.35. The second kappa shape index (κ2) is 8.08. The summed E-state index contributed by atoms with van der Waals surface area (Å²) in [6.45, 7) is 12.2. The quantitative estimate of drug-likeness (QED) is 0.600. The summed E-state index contributed by atoms with van der Waals surface area (Å²) in [5.74, 6) is 0. The minimum atomic E-state index is 0.181. The van der Waals surface area contributed by atoms with E-state index in [1.807, 2.05) is 6.92 Å². The van der Waals surface area contributed by atoms with Crippen molar-refractivity contribution < 1.29 is 9.47 Å². The molecule has 15 heavy (non-hydrogen) atoms. The molecule has 1 N–H and O–H groups in total. The van der Waals surface area contributed by atoms with Gasteiger partial charge in [-0.15, -0.1) is 0 Å². The fourth-order valence-corrected chi connectivity index (χ4v) is 1.31. The first kappa shape index (κ1) is 14.9. The van der Waals surface area contributed by atoms with E-state index in [4.69, 9.17) is 9.47 Å². The normalized spacial score (nSPS) is 14.2. The highest BCUT2D eigenvalue weighted by Gasteiger charge is 2.18. The maximum absolute atomic E-state index is 5.71. The summed E-state index contributed by atoms with van der Waals surface area (Å²) in [5.41, 5.74) is 0.192. The maximum atomic E-state index is 5.71. The Hall–Kier alpha value is -0.120. The Morgan fingerprint density at radius 2 is 2.00 bits per heavy atom. The zero-order chi connectivity index (χ0) is 11.7. The van der Waals surface area contributed by atoms with Crippen LogP contribution in [-0.4, -0.2) is 39.5 Å². The van der Waals surface area contributed by atoms with Crippen molar-refractivity contribution >= 4 is 0 Å². The van der Waals surface area contributed by atoms with Gasteiger partial charge in [-0.25, -0.2) is 0 Å². The van der Waals surface area contributed by atoms with Crippen LogP contribution in [0, 0.1) is 5.41 Å². The molecule has 0 saturated heterocycles. The van der Waals surface area contributed by atoms with Crippen LogP contribution in [0.5, 0.6) is 0 Å². The molecule has 0 aliphatic carbocycles. The molecule has 0 fully saturated rings. The van der Waals surface area contributed by atoms with Crippen LogP contribution in [0.4, 0.5) is 0 Å².